The Hall–Kier alpha value is -2.60. The van der Waals surface area contributed by atoms with Crippen LogP contribution in [0.3, 0.4) is 0 Å². The first-order valence-electron chi connectivity index (χ1n) is 6.55. The summed E-state index contributed by atoms with van der Waals surface area (Å²) in [4.78, 5) is 4.68. The molecule has 0 amide bonds. The molecule has 0 unspecified atom stereocenters. The highest BCUT2D eigenvalue weighted by atomic mass is 15.1. The molecular formula is C17H15N3. The molecule has 3 rings (SSSR count). The van der Waals surface area contributed by atoms with Gasteiger partial charge < -0.3 is 4.57 Å². The molecule has 20 heavy (non-hydrogen) atoms. The SMILES string of the molecule is Cc1ccc(-c2nc3c(C#N)cccc3n2C)c(C)c1. The van der Waals surface area contributed by atoms with Crippen LogP contribution in [0.4, 0.5) is 0 Å². The molecule has 0 N–H and O–H groups in total. The number of aryl methyl sites for hydroxylation is 3. The second-order valence-electron chi connectivity index (χ2n) is 5.10. The summed E-state index contributed by atoms with van der Waals surface area (Å²) in [7, 11) is 1.99. The molecule has 2 aromatic carbocycles. The Kier molecular flexibility index (Phi) is 2.80. The van der Waals surface area contributed by atoms with Gasteiger partial charge in [-0.2, -0.15) is 5.26 Å². The first-order valence-corrected chi connectivity index (χ1v) is 6.55. The quantitative estimate of drug-likeness (QED) is 0.669. The van der Waals surface area contributed by atoms with Crippen molar-refractivity contribution in [1.29, 1.82) is 5.26 Å². The minimum Gasteiger partial charge on any atom is -0.327 e. The van der Waals surface area contributed by atoms with Gasteiger partial charge in [0.1, 0.15) is 17.4 Å². The average molecular weight is 261 g/mol. The van der Waals surface area contributed by atoms with Crippen LogP contribution in [0, 0.1) is 25.2 Å². The van der Waals surface area contributed by atoms with E-state index in [0.29, 0.717) is 5.56 Å². The first-order chi connectivity index (χ1) is 9.61. The maximum absolute atomic E-state index is 9.20. The monoisotopic (exact) mass is 261 g/mol. The molecule has 0 aliphatic carbocycles. The number of aromatic nitrogens is 2. The fourth-order valence-corrected chi connectivity index (χ4v) is 2.61. The van der Waals surface area contributed by atoms with Gasteiger partial charge >= 0.3 is 0 Å². The van der Waals surface area contributed by atoms with Gasteiger partial charge in [0.05, 0.1) is 11.1 Å². The molecule has 0 aliphatic heterocycles. The Morgan fingerprint density at radius 2 is 1.95 bits per heavy atom. The minimum absolute atomic E-state index is 0.620. The van der Waals surface area contributed by atoms with Crippen molar-refractivity contribution >= 4 is 11.0 Å². The van der Waals surface area contributed by atoms with Gasteiger partial charge in [0.25, 0.3) is 0 Å². The molecule has 0 spiro atoms. The second kappa shape index (κ2) is 4.50. The van der Waals surface area contributed by atoms with Crippen LogP contribution in [0.25, 0.3) is 22.4 Å². The molecule has 98 valence electrons. The van der Waals surface area contributed by atoms with Crippen LogP contribution in [0.15, 0.2) is 36.4 Å². The fourth-order valence-electron chi connectivity index (χ4n) is 2.61. The van der Waals surface area contributed by atoms with E-state index in [1.165, 1.54) is 11.1 Å². The summed E-state index contributed by atoms with van der Waals surface area (Å²) in [6, 6.07) is 14.2. The fraction of sp³-hybridized carbons (Fsp3) is 0.176. The summed E-state index contributed by atoms with van der Waals surface area (Å²) in [6.45, 7) is 4.17. The molecule has 1 aromatic heterocycles. The second-order valence-corrected chi connectivity index (χ2v) is 5.10. The lowest BCUT2D eigenvalue weighted by Crippen LogP contribution is -1.94. The van der Waals surface area contributed by atoms with Crippen LogP contribution in [0.5, 0.6) is 0 Å². The van der Waals surface area contributed by atoms with Crippen LogP contribution in [0.1, 0.15) is 16.7 Å². The average Bonchev–Trinajstić information content (AvgIpc) is 2.76. The van der Waals surface area contributed by atoms with E-state index in [2.05, 4.69) is 43.1 Å². The third-order valence-corrected chi connectivity index (χ3v) is 3.65. The minimum atomic E-state index is 0.620. The molecule has 3 aromatic rings. The Labute approximate surface area is 118 Å². The van der Waals surface area contributed by atoms with Gasteiger partial charge in [-0.3, -0.25) is 0 Å². The Balaban J connectivity index is 2.33. The van der Waals surface area contributed by atoms with Gasteiger partial charge in [0.15, 0.2) is 0 Å². The molecule has 3 nitrogen and oxygen atoms in total. The van der Waals surface area contributed by atoms with Crippen molar-refractivity contribution in [1.82, 2.24) is 9.55 Å². The molecular weight excluding hydrogens is 246 g/mol. The number of imidazole rings is 1. The lowest BCUT2D eigenvalue weighted by atomic mass is 10.1. The van der Waals surface area contributed by atoms with E-state index in [4.69, 9.17) is 0 Å². The Morgan fingerprint density at radius 1 is 1.15 bits per heavy atom. The summed E-state index contributed by atoms with van der Waals surface area (Å²) < 4.78 is 2.05. The van der Waals surface area contributed by atoms with E-state index in [9.17, 15) is 5.26 Å². The highest BCUT2D eigenvalue weighted by Gasteiger charge is 2.13. The van der Waals surface area contributed by atoms with Crippen molar-refractivity contribution in [2.45, 2.75) is 13.8 Å². The molecule has 0 aliphatic rings. The number of benzene rings is 2. The molecule has 0 radical (unpaired) electrons. The van der Waals surface area contributed by atoms with E-state index < -0.39 is 0 Å². The molecule has 0 atom stereocenters. The van der Waals surface area contributed by atoms with Crippen molar-refractivity contribution in [2.24, 2.45) is 7.05 Å². The highest BCUT2D eigenvalue weighted by molar-refractivity contribution is 5.85. The standard InChI is InChI=1S/C17H15N3/c1-11-7-8-14(12(2)9-11)17-19-16-13(10-18)5-4-6-15(16)20(17)3/h4-9H,1-3H3. The van der Waals surface area contributed by atoms with Crippen molar-refractivity contribution < 1.29 is 0 Å². The maximum Gasteiger partial charge on any atom is 0.141 e. The molecule has 0 saturated heterocycles. The molecule has 3 heteroatoms. The summed E-state index contributed by atoms with van der Waals surface area (Å²) in [6.07, 6.45) is 0. The third-order valence-electron chi connectivity index (χ3n) is 3.65. The topological polar surface area (TPSA) is 41.6 Å². The van der Waals surface area contributed by atoms with E-state index in [-0.39, 0.29) is 0 Å². The lowest BCUT2D eigenvalue weighted by Gasteiger charge is -2.07. The zero-order valence-electron chi connectivity index (χ0n) is 11.8. The van der Waals surface area contributed by atoms with Crippen LogP contribution in [0.2, 0.25) is 0 Å². The molecule has 1 heterocycles. The number of hydrogen-bond donors (Lipinski definition) is 0. The van der Waals surface area contributed by atoms with E-state index in [1.807, 2.05) is 23.7 Å². The van der Waals surface area contributed by atoms with Crippen molar-refractivity contribution in [3.05, 3.63) is 53.1 Å². The van der Waals surface area contributed by atoms with Gasteiger partial charge in [-0.05, 0) is 31.5 Å². The smallest absolute Gasteiger partial charge is 0.141 e. The number of hydrogen-bond acceptors (Lipinski definition) is 2. The number of nitriles is 1. The normalized spacial score (nSPS) is 10.7. The van der Waals surface area contributed by atoms with Gasteiger partial charge in [-0.1, -0.05) is 29.8 Å². The van der Waals surface area contributed by atoms with Gasteiger partial charge in [0, 0.05) is 12.6 Å². The van der Waals surface area contributed by atoms with Gasteiger partial charge in [0.2, 0.25) is 0 Å². The highest BCUT2D eigenvalue weighted by Crippen LogP contribution is 2.28. The maximum atomic E-state index is 9.20. The largest absolute Gasteiger partial charge is 0.327 e. The summed E-state index contributed by atoms with van der Waals surface area (Å²) in [5.41, 5.74) is 5.92. The zero-order valence-corrected chi connectivity index (χ0v) is 11.8. The molecule has 0 bridgehead atoms. The van der Waals surface area contributed by atoms with Crippen LogP contribution >= 0.6 is 0 Å². The van der Waals surface area contributed by atoms with Gasteiger partial charge in [-0.25, -0.2) is 4.98 Å². The number of fused-ring (bicyclic) bond motifs is 1. The lowest BCUT2D eigenvalue weighted by molar-refractivity contribution is 0.957. The Morgan fingerprint density at radius 3 is 2.65 bits per heavy atom. The van der Waals surface area contributed by atoms with Crippen molar-refractivity contribution in [3.8, 4) is 17.5 Å². The number of para-hydroxylation sites is 1. The summed E-state index contributed by atoms with van der Waals surface area (Å²) >= 11 is 0. The van der Waals surface area contributed by atoms with Crippen LogP contribution in [-0.2, 0) is 7.05 Å². The van der Waals surface area contributed by atoms with Crippen LogP contribution in [-0.4, -0.2) is 9.55 Å². The molecule has 0 fully saturated rings. The first kappa shape index (κ1) is 12.4. The van der Waals surface area contributed by atoms with Crippen molar-refractivity contribution in [2.75, 3.05) is 0 Å². The predicted molar refractivity (Wildman–Crippen MR) is 80.3 cm³/mol. The van der Waals surface area contributed by atoms with Crippen LogP contribution < -0.4 is 0 Å². The van der Waals surface area contributed by atoms with Crippen molar-refractivity contribution in [3.63, 3.8) is 0 Å². The zero-order chi connectivity index (χ0) is 14.3. The Bertz CT molecular complexity index is 851. The summed E-state index contributed by atoms with van der Waals surface area (Å²) in [5, 5.41) is 9.20. The van der Waals surface area contributed by atoms with E-state index >= 15 is 0 Å². The molecule has 0 saturated carbocycles. The van der Waals surface area contributed by atoms with Gasteiger partial charge in [-0.15, -0.1) is 0 Å². The van der Waals surface area contributed by atoms with E-state index in [0.717, 1.165) is 22.4 Å². The van der Waals surface area contributed by atoms with E-state index in [1.54, 1.807) is 6.07 Å². The number of nitrogens with zero attached hydrogens (tertiary/aromatic N) is 3. The summed E-state index contributed by atoms with van der Waals surface area (Å²) in [5.74, 6) is 0.903. The number of rotatable bonds is 1. The predicted octanol–water partition coefficient (Wildman–Crippen LogP) is 3.73. The third kappa shape index (κ3) is 1.78.